The van der Waals surface area contributed by atoms with Crippen LogP contribution < -0.4 is 5.32 Å². The number of benzene rings is 1. The molecule has 0 aliphatic heterocycles. The first-order valence-corrected chi connectivity index (χ1v) is 5.89. The third kappa shape index (κ3) is 2.51. The molecule has 0 aliphatic carbocycles. The Bertz CT molecular complexity index is 465. The number of fused-ring (bicyclic) bond motifs is 1. The van der Waals surface area contributed by atoms with E-state index in [2.05, 4.69) is 36.3 Å². The van der Waals surface area contributed by atoms with Crippen molar-refractivity contribution in [3.05, 3.63) is 36.4 Å². The van der Waals surface area contributed by atoms with Gasteiger partial charge in [0.25, 0.3) is 0 Å². The van der Waals surface area contributed by atoms with Crippen LogP contribution in [0.4, 0.5) is 5.82 Å². The lowest BCUT2D eigenvalue weighted by Crippen LogP contribution is -2.11. The van der Waals surface area contributed by atoms with Crippen LogP contribution in [0, 0.1) is 5.92 Å². The molecule has 0 saturated carbocycles. The smallest absolute Gasteiger partial charge is 0.126 e. The van der Waals surface area contributed by atoms with Crippen molar-refractivity contribution < 1.29 is 0 Å². The number of anilines is 1. The Morgan fingerprint density at radius 1 is 1.19 bits per heavy atom. The summed E-state index contributed by atoms with van der Waals surface area (Å²) in [7, 11) is 0. The van der Waals surface area contributed by atoms with Crippen LogP contribution in [-0.4, -0.2) is 11.5 Å². The van der Waals surface area contributed by atoms with E-state index >= 15 is 0 Å². The minimum Gasteiger partial charge on any atom is -0.370 e. The second-order valence-corrected chi connectivity index (χ2v) is 4.28. The van der Waals surface area contributed by atoms with E-state index < -0.39 is 0 Å². The average Bonchev–Trinajstić information content (AvgIpc) is 2.35. The van der Waals surface area contributed by atoms with E-state index in [1.165, 1.54) is 11.8 Å². The second kappa shape index (κ2) is 4.97. The molecule has 2 heteroatoms. The Kier molecular flexibility index (Phi) is 3.40. The van der Waals surface area contributed by atoms with E-state index in [0.717, 1.165) is 17.9 Å². The number of para-hydroxylation sites is 1. The maximum atomic E-state index is 4.57. The molecule has 1 unspecified atom stereocenters. The van der Waals surface area contributed by atoms with Crippen molar-refractivity contribution in [3.8, 4) is 0 Å². The van der Waals surface area contributed by atoms with Gasteiger partial charge in [-0.15, -0.1) is 0 Å². The van der Waals surface area contributed by atoms with Crippen molar-refractivity contribution in [2.75, 3.05) is 11.9 Å². The predicted molar refractivity (Wildman–Crippen MR) is 69.7 cm³/mol. The van der Waals surface area contributed by atoms with E-state index in [1.807, 2.05) is 24.3 Å². The molecule has 0 radical (unpaired) electrons. The minimum absolute atomic E-state index is 0.688. The number of pyridine rings is 1. The lowest BCUT2D eigenvalue weighted by molar-refractivity contribution is 0.592. The van der Waals surface area contributed by atoms with Crippen LogP contribution in [0.2, 0.25) is 0 Å². The summed E-state index contributed by atoms with van der Waals surface area (Å²) >= 11 is 0. The molecule has 1 atom stereocenters. The van der Waals surface area contributed by atoms with Gasteiger partial charge in [-0.25, -0.2) is 4.98 Å². The van der Waals surface area contributed by atoms with Gasteiger partial charge >= 0.3 is 0 Å². The maximum absolute atomic E-state index is 4.57. The van der Waals surface area contributed by atoms with Crippen LogP contribution in [0.25, 0.3) is 10.9 Å². The van der Waals surface area contributed by atoms with Gasteiger partial charge in [0, 0.05) is 11.9 Å². The van der Waals surface area contributed by atoms with Crippen molar-refractivity contribution in [1.82, 2.24) is 4.98 Å². The summed E-state index contributed by atoms with van der Waals surface area (Å²) in [5, 5.41) is 4.57. The van der Waals surface area contributed by atoms with E-state index in [0.29, 0.717) is 5.92 Å². The Labute approximate surface area is 96.7 Å². The average molecular weight is 214 g/mol. The highest BCUT2D eigenvalue weighted by molar-refractivity contribution is 5.79. The van der Waals surface area contributed by atoms with Crippen LogP contribution in [-0.2, 0) is 0 Å². The van der Waals surface area contributed by atoms with Crippen molar-refractivity contribution >= 4 is 16.7 Å². The first-order chi connectivity index (χ1) is 7.79. The molecule has 0 saturated heterocycles. The fourth-order valence-electron chi connectivity index (χ4n) is 1.59. The molecule has 1 N–H and O–H groups in total. The van der Waals surface area contributed by atoms with E-state index in [1.54, 1.807) is 0 Å². The monoisotopic (exact) mass is 214 g/mol. The Morgan fingerprint density at radius 2 is 2.00 bits per heavy atom. The number of rotatable bonds is 4. The number of aromatic nitrogens is 1. The van der Waals surface area contributed by atoms with Crippen LogP contribution in [0.1, 0.15) is 20.3 Å². The van der Waals surface area contributed by atoms with Crippen LogP contribution in [0.3, 0.4) is 0 Å². The normalized spacial score (nSPS) is 12.6. The van der Waals surface area contributed by atoms with Gasteiger partial charge in [-0.1, -0.05) is 38.5 Å². The SMILES string of the molecule is CCC(C)CNc1ccc2ccccc2n1. The Morgan fingerprint density at radius 3 is 2.81 bits per heavy atom. The third-order valence-corrected chi connectivity index (χ3v) is 2.93. The molecule has 0 spiro atoms. The van der Waals surface area contributed by atoms with Crippen LogP contribution in [0.15, 0.2) is 36.4 Å². The second-order valence-electron chi connectivity index (χ2n) is 4.28. The molecule has 1 heterocycles. The highest BCUT2D eigenvalue weighted by Gasteiger charge is 2.00. The summed E-state index contributed by atoms with van der Waals surface area (Å²) in [6.45, 7) is 5.44. The lowest BCUT2D eigenvalue weighted by atomic mass is 10.1. The molecule has 2 nitrogen and oxygen atoms in total. The highest BCUT2D eigenvalue weighted by atomic mass is 15.0. The highest BCUT2D eigenvalue weighted by Crippen LogP contribution is 2.14. The fourth-order valence-corrected chi connectivity index (χ4v) is 1.59. The van der Waals surface area contributed by atoms with Gasteiger partial charge in [0.05, 0.1) is 5.52 Å². The quantitative estimate of drug-likeness (QED) is 0.839. The molecule has 0 fully saturated rings. The maximum Gasteiger partial charge on any atom is 0.126 e. The molecule has 2 aromatic rings. The summed E-state index contributed by atoms with van der Waals surface area (Å²) in [4.78, 5) is 4.57. The van der Waals surface area contributed by atoms with E-state index in [4.69, 9.17) is 0 Å². The Hall–Kier alpha value is -1.57. The first kappa shape index (κ1) is 10.9. The zero-order valence-electron chi connectivity index (χ0n) is 9.90. The van der Waals surface area contributed by atoms with Crippen LogP contribution >= 0.6 is 0 Å². The standard InChI is InChI=1S/C14H18N2/c1-3-11(2)10-15-14-9-8-12-6-4-5-7-13(12)16-14/h4-9,11H,3,10H2,1-2H3,(H,15,16). The molecule has 16 heavy (non-hydrogen) atoms. The molecular weight excluding hydrogens is 196 g/mol. The summed E-state index contributed by atoms with van der Waals surface area (Å²) in [6, 6.07) is 12.3. The van der Waals surface area contributed by atoms with Crippen molar-refractivity contribution in [2.45, 2.75) is 20.3 Å². The minimum atomic E-state index is 0.688. The number of hydrogen-bond donors (Lipinski definition) is 1. The Balaban J connectivity index is 2.13. The number of nitrogens with zero attached hydrogens (tertiary/aromatic N) is 1. The lowest BCUT2D eigenvalue weighted by Gasteiger charge is -2.10. The van der Waals surface area contributed by atoms with Crippen LogP contribution in [0.5, 0.6) is 0 Å². The summed E-state index contributed by atoms with van der Waals surface area (Å²) in [5.41, 5.74) is 1.05. The van der Waals surface area contributed by atoms with E-state index in [-0.39, 0.29) is 0 Å². The van der Waals surface area contributed by atoms with E-state index in [9.17, 15) is 0 Å². The number of nitrogens with one attached hydrogen (secondary N) is 1. The summed E-state index contributed by atoms with van der Waals surface area (Å²) in [6.07, 6.45) is 1.20. The largest absolute Gasteiger partial charge is 0.370 e. The van der Waals surface area contributed by atoms with Crippen molar-refractivity contribution in [3.63, 3.8) is 0 Å². The van der Waals surface area contributed by atoms with Gasteiger partial charge in [-0.05, 0) is 24.1 Å². The van der Waals surface area contributed by atoms with Gasteiger partial charge in [0.1, 0.15) is 5.82 Å². The third-order valence-electron chi connectivity index (χ3n) is 2.93. The molecular formula is C14H18N2. The zero-order chi connectivity index (χ0) is 11.4. The molecule has 2 rings (SSSR count). The van der Waals surface area contributed by atoms with Gasteiger partial charge in [-0.2, -0.15) is 0 Å². The fraction of sp³-hybridized carbons (Fsp3) is 0.357. The molecule has 84 valence electrons. The summed E-state index contributed by atoms with van der Waals surface area (Å²) < 4.78 is 0. The van der Waals surface area contributed by atoms with Gasteiger partial charge < -0.3 is 5.32 Å². The molecule has 0 bridgehead atoms. The van der Waals surface area contributed by atoms with Crippen molar-refractivity contribution in [2.24, 2.45) is 5.92 Å². The van der Waals surface area contributed by atoms with Gasteiger partial charge in [0.15, 0.2) is 0 Å². The molecule has 1 aromatic heterocycles. The summed E-state index contributed by atoms with van der Waals surface area (Å²) in [5.74, 6) is 1.66. The molecule has 1 aromatic carbocycles. The number of hydrogen-bond acceptors (Lipinski definition) is 2. The zero-order valence-corrected chi connectivity index (χ0v) is 9.90. The van der Waals surface area contributed by atoms with Gasteiger partial charge in [0.2, 0.25) is 0 Å². The van der Waals surface area contributed by atoms with Gasteiger partial charge in [-0.3, -0.25) is 0 Å². The molecule has 0 aliphatic rings. The van der Waals surface area contributed by atoms with Crippen molar-refractivity contribution in [1.29, 1.82) is 0 Å². The predicted octanol–water partition coefficient (Wildman–Crippen LogP) is 3.69. The first-order valence-electron chi connectivity index (χ1n) is 5.89. The topological polar surface area (TPSA) is 24.9 Å². The molecule has 0 amide bonds.